The molecule has 0 radical (unpaired) electrons. The molecule has 0 unspecified atom stereocenters. The SMILES string of the molecule is CN1C(=O)NC2(CCCCCC2)C1=O. The molecule has 1 heterocycles. The van der Waals surface area contributed by atoms with E-state index in [1.54, 1.807) is 7.05 Å². The zero-order valence-electron chi connectivity index (χ0n) is 8.51. The summed E-state index contributed by atoms with van der Waals surface area (Å²) in [7, 11) is 1.55. The molecule has 3 amide bonds. The summed E-state index contributed by atoms with van der Waals surface area (Å²) < 4.78 is 0. The summed E-state index contributed by atoms with van der Waals surface area (Å²) in [5, 5.41) is 2.85. The van der Waals surface area contributed by atoms with Gasteiger partial charge in [0, 0.05) is 7.05 Å². The minimum absolute atomic E-state index is 0.0376. The number of carbonyl (C=O) groups is 2. The molecule has 1 saturated carbocycles. The smallest absolute Gasteiger partial charge is 0.323 e. The molecule has 1 saturated heterocycles. The van der Waals surface area contributed by atoms with E-state index in [2.05, 4.69) is 5.32 Å². The van der Waals surface area contributed by atoms with E-state index in [0.717, 1.165) is 25.7 Å². The zero-order chi connectivity index (χ0) is 10.2. The van der Waals surface area contributed by atoms with Crippen molar-refractivity contribution in [1.82, 2.24) is 10.2 Å². The highest BCUT2D eigenvalue weighted by Gasteiger charge is 2.48. The van der Waals surface area contributed by atoms with Crippen LogP contribution in [0.1, 0.15) is 38.5 Å². The molecule has 1 aliphatic carbocycles. The van der Waals surface area contributed by atoms with Crippen LogP contribution in [0.5, 0.6) is 0 Å². The molecule has 4 nitrogen and oxygen atoms in total. The van der Waals surface area contributed by atoms with Crippen LogP contribution in [0.25, 0.3) is 0 Å². The van der Waals surface area contributed by atoms with Crippen molar-refractivity contribution >= 4 is 11.9 Å². The van der Waals surface area contributed by atoms with E-state index in [-0.39, 0.29) is 11.9 Å². The molecule has 2 fully saturated rings. The van der Waals surface area contributed by atoms with E-state index < -0.39 is 5.54 Å². The molecule has 0 bridgehead atoms. The normalized spacial score (nSPS) is 26.5. The van der Waals surface area contributed by atoms with Gasteiger partial charge in [0.2, 0.25) is 0 Å². The van der Waals surface area contributed by atoms with Gasteiger partial charge in [-0.25, -0.2) is 4.79 Å². The average molecular weight is 196 g/mol. The predicted octanol–water partition coefficient (Wildman–Crippen LogP) is 1.26. The average Bonchev–Trinajstić information content (AvgIpc) is 2.38. The number of hydrogen-bond acceptors (Lipinski definition) is 2. The first-order valence-corrected chi connectivity index (χ1v) is 5.26. The number of likely N-dealkylation sites (N-methyl/N-ethyl adjacent to an activating group) is 1. The molecular weight excluding hydrogens is 180 g/mol. The number of imide groups is 1. The summed E-state index contributed by atoms with van der Waals surface area (Å²) in [6.45, 7) is 0. The number of nitrogens with zero attached hydrogens (tertiary/aromatic N) is 1. The molecule has 0 aromatic rings. The van der Waals surface area contributed by atoms with Crippen LogP contribution in [0.2, 0.25) is 0 Å². The molecule has 2 aliphatic rings. The third kappa shape index (κ3) is 1.29. The Labute approximate surface area is 83.6 Å². The van der Waals surface area contributed by atoms with Crippen molar-refractivity contribution in [2.24, 2.45) is 0 Å². The first-order valence-electron chi connectivity index (χ1n) is 5.26. The molecule has 78 valence electrons. The Kier molecular flexibility index (Phi) is 2.21. The Bertz CT molecular complexity index is 267. The van der Waals surface area contributed by atoms with Crippen LogP contribution in [0.4, 0.5) is 4.79 Å². The summed E-state index contributed by atoms with van der Waals surface area (Å²) in [6, 6.07) is -0.239. The Morgan fingerprint density at radius 2 is 1.71 bits per heavy atom. The van der Waals surface area contributed by atoms with Crippen LogP contribution < -0.4 is 5.32 Å². The summed E-state index contributed by atoms with van der Waals surface area (Å²) >= 11 is 0. The Balaban J connectivity index is 2.22. The molecule has 2 rings (SSSR count). The number of hydrogen-bond donors (Lipinski definition) is 1. The molecule has 14 heavy (non-hydrogen) atoms. The van der Waals surface area contributed by atoms with Gasteiger partial charge in [-0.15, -0.1) is 0 Å². The van der Waals surface area contributed by atoms with Gasteiger partial charge in [0.25, 0.3) is 5.91 Å². The van der Waals surface area contributed by atoms with Gasteiger partial charge in [-0.05, 0) is 12.8 Å². The highest BCUT2D eigenvalue weighted by Crippen LogP contribution is 2.31. The van der Waals surface area contributed by atoms with Gasteiger partial charge < -0.3 is 5.32 Å². The van der Waals surface area contributed by atoms with E-state index in [1.165, 1.54) is 17.7 Å². The molecule has 0 aromatic heterocycles. The first kappa shape index (κ1) is 9.49. The summed E-state index contributed by atoms with van der Waals surface area (Å²) in [6.07, 6.45) is 6.05. The van der Waals surface area contributed by atoms with Crippen LogP contribution >= 0.6 is 0 Å². The van der Waals surface area contributed by atoms with Crippen molar-refractivity contribution in [2.45, 2.75) is 44.1 Å². The van der Waals surface area contributed by atoms with Gasteiger partial charge in [0.05, 0.1) is 0 Å². The van der Waals surface area contributed by atoms with Gasteiger partial charge in [0.15, 0.2) is 0 Å². The fourth-order valence-electron chi connectivity index (χ4n) is 2.43. The predicted molar refractivity (Wildman–Crippen MR) is 51.7 cm³/mol. The highest BCUT2D eigenvalue weighted by atomic mass is 16.2. The number of nitrogens with one attached hydrogen (secondary N) is 1. The van der Waals surface area contributed by atoms with Crippen molar-refractivity contribution in [3.05, 3.63) is 0 Å². The molecule has 1 spiro atoms. The van der Waals surface area contributed by atoms with Gasteiger partial charge in [-0.1, -0.05) is 25.7 Å². The Morgan fingerprint density at radius 3 is 2.14 bits per heavy atom. The van der Waals surface area contributed by atoms with Crippen molar-refractivity contribution in [2.75, 3.05) is 7.05 Å². The van der Waals surface area contributed by atoms with Crippen molar-refractivity contribution in [1.29, 1.82) is 0 Å². The van der Waals surface area contributed by atoms with Gasteiger partial charge in [-0.3, -0.25) is 9.69 Å². The summed E-state index contributed by atoms with van der Waals surface area (Å²) in [5.74, 6) is -0.0376. The second kappa shape index (κ2) is 3.26. The summed E-state index contributed by atoms with van der Waals surface area (Å²) in [4.78, 5) is 24.5. The van der Waals surface area contributed by atoms with Crippen molar-refractivity contribution in [3.8, 4) is 0 Å². The lowest BCUT2D eigenvalue weighted by atomic mass is 9.90. The maximum atomic E-state index is 11.9. The lowest BCUT2D eigenvalue weighted by molar-refractivity contribution is -0.130. The van der Waals surface area contributed by atoms with E-state index in [9.17, 15) is 9.59 Å². The largest absolute Gasteiger partial charge is 0.324 e. The molecular formula is C10H16N2O2. The van der Waals surface area contributed by atoms with E-state index in [0.29, 0.717) is 0 Å². The maximum Gasteiger partial charge on any atom is 0.324 e. The van der Waals surface area contributed by atoms with E-state index in [4.69, 9.17) is 0 Å². The van der Waals surface area contributed by atoms with E-state index >= 15 is 0 Å². The maximum absolute atomic E-state index is 11.9. The van der Waals surface area contributed by atoms with Crippen LogP contribution in [0.3, 0.4) is 0 Å². The molecule has 0 aromatic carbocycles. The minimum atomic E-state index is -0.553. The second-order valence-corrected chi connectivity index (χ2v) is 4.29. The monoisotopic (exact) mass is 196 g/mol. The fourth-order valence-corrected chi connectivity index (χ4v) is 2.43. The number of carbonyl (C=O) groups excluding carboxylic acids is 2. The Morgan fingerprint density at radius 1 is 1.14 bits per heavy atom. The molecule has 0 atom stereocenters. The molecule has 1 aliphatic heterocycles. The van der Waals surface area contributed by atoms with Crippen LogP contribution in [-0.4, -0.2) is 29.4 Å². The van der Waals surface area contributed by atoms with Crippen LogP contribution in [0, 0.1) is 0 Å². The minimum Gasteiger partial charge on any atom is -0.323 e. The topological polar surface area (TPSA) is 49.4 Å². The van der Waals surface area contributed by atoms with Crippen LogP contribution in [-0.2, 0) is 4.79 Å². The van der Waals surface area contributed by atoms with Gasteiger partial charge in [0.1, 0.15) is 5.54 Å². The molecule has 1 N–H and O–H groups in total. The zero-order valence-corrected chi connectivity index (χ0v) is 8.51. The third-order valence-corrected chi connectivity index (χ3v) is 3.32. The van der Waals surface area contributed by atoms with Gasteiger partial charge >= 0.3 is 6.03 Å². The number of rotatable bonds is 0. The lowest BCUT2D eigenvalue weighted by Gasteiger charge is -2.24. The fraction of sp³-hybridized carbons (Fsp3) is 0.800. The van der Waals surface area contributed by atoms with Gasteiger partial charge in [-0.2, -0.15) is 0 Å². The highest BCUT2D eigenvalue weighted by molar-refractivity contribution is 6.06. The van der Waals surface area contributed by atoms with Crippen molar-refractivity contribution in [3.63, 3.8) is 0 Å². The standard InChI is InChI=1S/C10H16N2O2/c1-12-8(13)10(11-9(12)14)6-4-2-3-5-7-10/h2-7H2,1H3,(H,11,14). The number of urea groups is 1. The first-order chi connectivity index (χ1) is 6.66. The third-order valence-electron chi connectivity index (χ3n) is 3.32. The quantitative estimate of drug-likeness (QED) is 0.593. The lowest BCUT2D eigenvalue weighted by Crippen LogP contribution is -2.46. The van der Waals surface area contributed by atoms with Crippen LogP contribution in [0.15, 0.2) is 0 Å². The molecule has 4 heteroatoms. The van der Waals surface area contributed by atoms with Crippen molar-refractivity contribution < 1.29 is 9.59 Å². The van der Waals surface area contributed by atoms with E-state index in [1.807, 2.05) is 0 Å². The summed E-state index contributed by atoms with van der Waals surface area (Å²) in [5.41, 5.74) is -0.553. The number of amides is 3. The second-order valence-electron chi connectivity index (χ2n) is 4.29. The Hall–Kier alpha value is -1.06.